The number of nitrogens with one attached hydrogen (secondary N) is 1. The van der Waals surface area contributed by atoms with Crippen LogP contribution < -0.4 is 10.1 Å². The number of carbonyl (C=O) groups excluding carboxylic acids is 1. The summed E-state index contributed by atoms with van der Waals surface area (Å²) in [5.74, 6) is 2.72. The standard InChI is InChI=1S/C19H27N5O2/c1-15-8-5-6-9-16(15)26-13-12-23(2)19(25)20-14-18-22-21-17-10-4-3-7-11-24(17)18/h5-6,8-9H,3-4,7,10-14H2,1-2H3,(H,20,25). The fourth-order valence-electron chi connectivity index (χ4n) is 3.08. The summed E-state index contributed by atoms with van der Waals surface area (Å²) < 4.78 is 7.90. The van der Waals surface area contributed by atoms with Crippen LogP contribution in [0.5, 0.6) is 5.75 Å². The summed E-state index contributed by atoms with van der Waals surface area (Å²) in [6.45, 7) is 4.31. The van der Waals surface area contributed by atoms with E-state index in [1.54, 1.807) is 11.9 Å². The predicted octanol–water partition coefficient (Wildman–Crippen LogP) is 2.53. The Labute approximate surface area is 154 Å². The first-order valence-electron chi connectivity index (χ1n) is 9.23. The fourth-order valence-corrected chi connectivity index (χ4v) is 3.08. The van der Waals surface area contributed by atoms with Crippen molar-refractivity contribution in [2.24, 2.45) is 0 Å². The van der Waals surface area contributed by atoms with Gasteiger partial charge in [0.15, 0.2) is 5.82 Å². The number of amides is 2. The first kappa shape index (κ1) is 18.2. The van der Waals surface area contributed by atoms with E-state index in [9.17, 15) is 4.79 Å². The fraction of sp³-hybridized carbons (Fsp3) is 0.526. The Morgan fingerprint density at radius 2 is 2.12 bits per heavy atom. The molecule has 1 aliphatic heterocycles. The summed E-state index contributed by atoms with van der Waals surface area (Å²) in [5, 5.41) is 11.4. The third-order valence-electron chi connectivity index (χ3n) is 4.71. The van der Waals surface area contributed by atoms with Crippen molar-refractivity contribution in [3.8, 4) is 5.75 Å². The molecule has 0 spiro atoms. The van der Waals surface area contributed by atoms with Crippen LogP contribution in [-0.4, -0.2) is 45.9 Å². The summed E-state index contributed by atoms with van der Waals surface area (Å²) in [6, 6.07) is 7.73. The van der Waals surface area contributed by atoms with Gasteiger partial charge in [0.1, 0.15) is 18.2 Å². The maximum Gasteiger partial charge on any atom is 0.317 e. The van der Waals surface area contributed by atoms with Crippen molar-refractivity contribution in [3.05, 3.63) is 41.5 Å². The van der Waals surface area contributed by atoms with Gasteiger partial charge in [-0.15, -0.1) is 10.2 Å². The van der Waals surface area contributed by atoms with Crippen LogP contribution in [-0.2, 0) is 19.5 Å². The molecule has 2 amide bonds. The molecule has 7 heteroatoms. The lowest BCUT2D eigenvalue weighted by atomic mass is 10.2. The van der Waals surface area contributed by atoms with Crippen molar-refractivity contribution < 1.29 is 9.53 Å². The van der Waals surface area contributed by atoms with Crippen LogP contribution >= 0.6 is 0 Å². The third kappa shape index (κ3) is 4.53. The van der Waals surface area contributed by atoms with E-state index in [1.165, 1.54) is 6.42 Å². The number of hydrogen-bond donors (Lipinski definition) is 1. The van der Waals surface area contributed by atoms with Gasteiger partial charge >= 0.3 is 6.03 Å². The average Bonchev–Trinajstić information content (AvgIpc) is 2.87. The number of aryl methyl sites for hydroxylation is 2. The first-order valence-corrected chi connectivity index (χ1v) is 9.23. The Morgan fingerprint density at radius 1 is 1.27 bits per heavy atom. The molecule has 140 valence electrons. The van der Waals surface area contributed by atoms with Crippen molar-refractivity contribution in [3.63, 3.8) is 0 Å². The molecule has 0 bridgehead atoms. The van der Waals surface area contributed by atoms with Gasteiger partial charge in [-0.25, -0.2) is 4.79 Å². The lowest BCUT2D eigenvalue weighted by Gasteiger charge is -2.18. The molecule has 2 aromatic rings. The molecule has 1 aromatic carbocycles. The minimum atomic E-state index is -0.135. The number of carbonyl (C=O) groups is 1. The van der Waals surface area contributed by atoms with E-state index in [4.69, 9.17) is 4.74 Å². The molecule has 3 rings (SSSR count). The number of ether oxygens (including phenoxy) is 1. The largest absolute Gasteiger partial charge is 0.491 e. The molecule has 0 saturated heterocycles. The number of rotatable bonds is 6. The van der Waals surface area contributed by atoms with Gasteiger partial charge in [0.2, 0.25) is 0 Å². The van der Waals surface area contributed by atoms with Crippen molar-refractivity contribution in [1.82, 2.24) is 25.0 Å². The Bertz CT molecular complexity index is 743. The van der Waals surface area contributed by atoms with Gasteiger partial charge in [0, 0.05) is 20.0 Å². The number of fused-ring (bicyclic) bond motifs is 1. The minimum absolute atomic E-state index is 0.135. The van der Waals surface area contributed by atoms with Crippen molar-refractivity contribution in [1.29, 1.82) is 0 Å². The Balaban J connectivity index is 1.45. The van der Waals surface area contributed by atoms with Crippen LogP contribution in [0.4, 0.5) is 4.79 Å². The van der Waals surface area contributed by atoms with E-state index in [0.717, 1.165) is 48.8 Å². The lowest BCUT2D eigenvalue weighted by Crippen LogP contribution is -2.39. The number of benzene rings is 1. The zero-order valence-corrected chi connectivity index (χ0v) is 15.6. The highest BCUT2D eigenvalue weighted by molar-refractivity contribution is 5.73. The second-order valence-corrected chi connectivity index (χ2v) is 6.69. The van der Waals surface area contributed by atoms with Crippen molar-refractivity contribution >= 4 is 6.03 Å². The molecule has 7 nitrogen and oxygen atoms in total. The molecule has 1 aliphatic rings. The van der Waals surface area contributed by atoms with Crippen molar-refractivity contribution in [2.45, 2.75) is 45.7 Å². The maximum atomic E-state index is 12.3. The molecular weight excluding hydrogens is 330 g/mol. The quantitative estimate of drug-likeness (QED) is 0.862. The Hall–Kier alpha value is -2.57. The summed E-state index contributed by atoms with van der Waals surface area (Å²) in [5.41, 5.74) is 1.09. The summed E-state index contributed by atoms with van der Waals surface area (Å²) in [7, 11) is 1.76. The van der Waals surface area contributed by atoms with Crippen LogP contribution in [0.1, 0.15) is 36.5 Å². The van der Waals surface area contributed by atoms with Crippen LogP contribution in [0.15, 0.2) is 24.3 Å². The zero-order valence-electron chi connectivity index (χ0n) is 15.6. The third-order valence-corrected chi connectivity index (χ3v) is 4.71. The number of nitrogens with zero attached hydrogens (tertiary/aromatic N) is 4. The minimum Gasteiger partial charge on any atom is -0.491 e. The number of para-hydroxylation sites is 1. The van der Waals surface area contributed by atoms with Gasteiger partial charge in [0.25, 0.3) is 0 Å². The topological polar surface area (TPSA) is 72.3 Å². The van der Waals surface area contributed by atoms with Gasteiger partial charge in [-0.2, -0.15) is 0 Å². The molecule has 0 radical (unpaired) electrons. The summed E-state index contributed by atoms with van der Waals surface area (Å²) >= 11 is 0. The molecule has 1 N–H and O–H groups in total. The SMILES string of the molecule is Cc1ccccc1OCCN(C)C(=O)NCc1nnc2n1CCCCC2. The molecule has 1 aromatic heterocycles. The number of urea groups is 1. The first-order chi connectivity index (χ1) is 12.6. The zero-order chi connectivity index (χ0) is 18.4. The summed E-state index contributed by atoms with van der Waals surface area (Å²) in [6.07, 6.45) is 4.49. The highest BCUT2D eigenvalue weighted by Gasteiger charge is 2.16. The number of aromatic nitrogens is 3. The number of likely N-dealkylation sites (N-methyl/N-ethyl adjacent to an activating group) is 1. The van der Waals surface area contributed by atoms with E-state index in [0.29, 0.717) is 19.7 Å². The Kier molecular flexibility index (Phi) is 6.09. The average molecular weight is 357 g/mol. The van der Waals surface area contributed by atoms with E-state index >= 15 is 0 Å². The molecule has 0 fully saturated rings. The van der Waals surface area contributed by atoms with Gasteiger partial charge in [0.05, 0.1) is 13.1 Å². The monoisotopic (exact) mass is 357 g/mol. The van der Waals surface area contributed by atoms with Crippen LogP contribution in [0.2, 0.25) is 0 Å². The lowest BCUT2D eigenvalue weighted by molar-refractivity contribution is 0.194. The second kappa shape index (κ2) is 8.69. The number of hydrogen-bond acceptors (Lipinski definition) is 4. The molecular formula is C19H27N5O2. The van der Waals surface area contributed by atoms with E-state index in [1.807, 2.05) is 31.2 Å². The maximum absolute atomic E-state index is 12.3. The predicted molar refractivity (Wildman–Crippen MR) is 99.1 cm³/mol. The van der Waals surface area contributed by atoms with Crippen molar-refractivity contribution in [2.75, 3.05) is 20.2 Å². The van der Waals surface area contributed by atoms with Crippen LogP contribution in [0.25, 0.3) is 0 Å². The Morgan fingerprint density at radius 3 is 2.96 bits per heavy atom. The van der Waals surface area contributed by atoms with E-state index < -0.39 is 0 Å². The van der Waals surface area contributed by atoms with Crippen LogP contribution in [0.3, 0.4) is 0 Å². The van der Waals surface area contributed by atoms with Gasteiger partial charge in [-0.3, -0.25) is 0 Å². The van der Waals surface area contributed by atoms with E-state index in [-0.39, 0.29) is 6.03 Å². The second-order valence-electron chi connectivity index (χ2n) is 6.69. The molecule has 26 heavy (non-hydrogen) atoms. The smallest absolute Gasteiger partial charge is 0.317 e. The van der Waals surface area contributed by atoms with Gasteiger partial charge in [-0.05, 0) is 31.4 Å². The molecule has 0 unspecified atom stereocenters. The highest BCUT2D eigenvalue weighted by Crippen LogP contribution is 2.16. The molecule has 2 heterocycles. The molecule has 0 atom stereocenters. The van der Waals surface area contributed by atoms with E-state index in [2.05, 4.69) is 20.1 Å². The van der Waals surface area contributed by atoms with Crippen LogP contribution in [0, 0.1) is 6.92 Å². The normalized spacial score (nSPS) is 13.6. The van der Waals surface area contributed by atoms with Gasteiger partial charge < -0.3 is 19.5 Å². The highest BCUT2D eigenvalue weighted by atomic mass is 16.5. The van der Waals surface area contributed by atoms with Gasteiger partial charge in [-0.1, -0.05) is 24.6 Å². The molecule has 0 aliphatic carbocycles. The summed E-state index contributed by atoms with van der Waals surface area (Å²) in [4.78, 5) is 13.9. The molecule has 0 saturated carbocycles.